The number of fused-ring (bicyclic) bond motifs is 5. The molecule has 3 aromatic heterocycles. The van der Waals surface area contributed by atoms with Crippen molar-refractivity contribution in [1.29, 1.82) is 0 Å². The summed E-state index contributed by atoms with van der Waals surface area (Å²) in [7, 11) is 0. The van der Waals surface area contributed by atoms with Crippen LogP contribution in [-0.2, 0) is 24.2 Å². The minimum atomic E-state index is 0.0275. The van der Waals surface area contributed by atoms with Gasteiger partial charge in [-0.15, -0.1) is 11.3 Å². The zero-order valence-corrected chi connectivity index (χ0v) is 17.4. The van der Waals surface area contributed by atoms with Crippen molar-refractivity contribution in [1.82, 2.24) is 25.0 Å². The summed E-state index contributed by atoms with van der Waals surface area (Å²) in [5.41, 5.74) is 2.72. The lowest BCUT2D eigenvalue weighted by molar-refractivity contribution is -0.929. The maximum atomic E-state index is 8.85. The summed E-state index contributed by atoms with van der Waals surface area (Å²) in [5, 5.41) is 25.4. The molecule has 0 bridgehead atoms. The van der Waals surface area contributed by atoms with Gasteiger partial charge in [0.2, 0.25) is 0 Å². The first kappa shape index (κ1) is 19.3. The number of aromatic nitrogens is 5. The van der Waals surface area contributed by atoms with Gasteiger partial charge in [-0.25, -0.2) is 0 Å². The Labute approximate surface area is 177 Å². The third-order valence-electron chi connectivity index (χ3n) is 5.38. The van der Waals surface area contributed by atoms with E-state index in [-0.39, 0.29) is 6.61 Å². The van der Waals surface area contributed by atoms with E-state index in [9.17, 15) is 0 Å². The highest BCUT2D eigenvalue weighted by molar-refractivity contribution is 7.19. The number of anilines is 1. The van der Waals surface area contributed by atoms with Crippen LogP contribution in [0.1, 0.15) is 16.0 Å². The molecular weight excluding hydrogens is 402 g/mol. The molecule has 0 spiro atoms. The van der Waals surface area contributed by atoms with Crippen LogP contribution in [0.2, 0.25) is 0 Å². The van der Waals surface area contributed by atoms with Crippen molar-refractivity contribution >= 4 is 33.1 Å². The number of quaternary nitrogens is 1. The Kier molecular flexibility index (Phi) is 5.54. The number of aliphatic hydroxyl groups is 1. The van der Waals surface area contributed by atoms with Crippen LogP contribution in [-0.4, -0.2) is 63.0 Å². The quantitative estimate of drug-likeness (QED) is 0.348. The molecule has 0 fully saturated rings. The fourth-order valence-corrected chi connectivity index (χ4v) is 5.39. The molecule has 0 aliphatic carbocycles. The van der Waals surface area contributed by atoms with E-state index in [0.29, 0.717) is 25.5 Å². The lowest BCUT2D eigenvalue weighted by atomic mass is 10.0. The van der Waals surface area contributed by atoms with E-state index in [0.717, 1.165) is 42.1 Å². The Bertz CT molecular complexity index is 1140. The molecule has 0 amide bonds. The average molecular weight is 427 g/mol. The molecule has 3 N–H and O–H groups in total. The normalized spacial score (nSPS) is 16.2. The summed E-state index contributed by atoms with van der Waals surface area (Å²) >= 11 is 1.76. The number of nitrogens with one attached hydrogen (secondary N) is 2. The highest BCUT2D eigenvalue weighted by atomic mass is 32.1. The molecule has 0 radical (unpaired) electrons. The number of ether oxygens (including phenoxy) is 1. The Balaban J connectivity index is 1.44. The molecule has 5 rings (SSSR count). The van der Waals surface area contributed by atoms with Gasteiger partial charge in [-0.2, -0.15) is 9.50 Å². The molecule has 1 aliphatic heterocycles. The van der Waals surface area contributed by atoms with E-state index in [2.05, 4.69) is 56.2 Å². The first-order valence-corrected chi connectivity index (χ1v) is 11.0. The number of nitrogens with zero attached hydrogens (tertiary/aromatic N) is 5. The molecule has 30 heavy (non-hydrogen) atoms. The number of thiophene rings is 1. The summed E-state index contributed by atoms with van der Waals surface area (Å²) in [5.74, 6) is 1.30. The van der Waals surface area contributed by atoms with Crippen molar-refractivity contribution in [3.05, 3.63) is 46.3 Å². The maximum Gasteiger partial charge on any atom is 0.276 e. The SMILES string of the molecule is OCCOCCNc1nc2nnnn2c2sc3c(c12)CC[NH+](Cc1ccccc1)C3. The number of tetrazole rings is 1. The van der Waals surface area contributed by atoms with Gasteiger partial charge < -0.3 is 20.1 Å². The molecule has 1 atom stereocenters. The van der Waals surface area contributed by atoms with Gasteiger partial charge in [0.05, 0.1) is 36.6 Å². The molecule has 4 aromatic rings. The van der Waals surface area contributed by atoms with Gasteiger partial charge in [-0.05, 0) is 16.0 Å². The lowest BCUT2D eigenvalue weighted by Crippen LogP contribution is -3.10. The van der Waals surface area contributed by atoms with Crippen LogP contribution in [0.4, 0.5) is 5.82 Å². The topological polar surface area (TPSA) is 102 Å². The van der Waals surface area contributed by atoms with Gasteiger partial charge in [0.1, 0.15) is 23.7 Å². The van der Waals surface area contributed by atoms with E-state index in [1.807, 2.05) is 0 Å². The summed E-state index contributed by atoms with van der Waals surface area (Å²) in [6, 6.07) is 10.7. The molecule has 4 heterocycles. The largest absolute Gasteiger partial charge is 0.394 e. The fraction of sp³-hybridized carbons (Fsp3) is 0.400. The van der Waals surface area contributed by atoms with Crippen LogP contribution in [0.25, 0.3) is 16.0 Å². The Morgan fingerprint density at radius 1 is 1.23 bits per heavy atom. The van der Waals surface area contributed by atoms with Crippen molar-refractivity contribution < 1.29 is 14.7 Å². The Hall–Kier alpha value is -2.66. The Morgan fingerprint density at radius 3 is 3.00 bits per heavy atom. The van der Waals surface area contributed by atoms with Crippen LogP contribution in [0.5, 0.6) is 0 Å². The maximum absolute atomic E-state index is 8.85. The van der Waals surface area contributed by atoms with Gasteiger partial charge in [-0.1, -0.05) is 35.4 Å². The number of aliphatic hydroxyl groups excluding tert-OH is 1. The van der Waals surface area contributed by atoms with E-state index in [4.69, 9.17) is 9.84 Å². The average Bonchev–Trinajstić information content (AvgIpc) is 3.38. The monoisotopic (exact) mass is 426 g/mol. The summed E-state index contributed by atoms with van der Waals surface area (Å²) < 4.78 is 7.11. The van der Waals surface area contributed by atoms with Crippen molar-refractivity contribution in [3.8, 4) is 0 Å². The first-order chi connectivity index (χ1) is 14.8. The molecule has 9 nitrogen and oxygen atoms in total. The predicted molar refractivity (Wildman–Crippen MR) is 114 cm³/mol. The van der Waals surface area contributed by atoms with Crippen molar-refractivity contribution in [2.24, 2.45) is 0 Å². The van der Waals surface area contributed by atoms with Crippen LogP contribution >= 0.6 is 11.3 Å². The second-order valence-corrected chi connectivity index (χ2v) is 8.47. The minimum absolute atomic E-state index is 0.0275. The summed E-state index contributed by atoms with van der Waals surface area (Å²) in [6.07, 6.45) is 1.00. The van der Waals surface area contributed by atoms with Crippen LogP contribution in [0.3, 0.4) is 0 Å². The van der Waals surface area contributed by atoms with Crippen LogP contribution in [0, 0.1) is 0 Å². The molecule has 1 aromatic carbocycles. The van der Waals surface area contributed by atoms with E-state index >= 15 is 0 Å². The van der Waals surface area contributed by atoms with Crippen molar-refractivity contribution in [3.63, 3.8) is 0 Å². The van der Waals surface area contributed by atoms with E-state index in [1.54, 1.807) is 20.8 Å². The van der Waals surface area contributed by atoms with E-state index in [1.165, 1.54) is 16.0 Å². The van der Waals surface area contributed by atoms with Crippen LogP contribution in [0.15, 0.2) is 30.3 Å². The van der Waals surface area contributed by atoms with Gasteiger partial charge in [0, 0.05) is 18.5 Å². The Morgan fingerprint density at radius 2 is 2.13 bits per heavy atom. The number of rotatable bonds is 8. The van der Waals surface area contributed by atoms with Crippen molar-refractivity contribution in [2.75, 3.05) is 38.2 Å². The van der Waals surface area contributed by atoms with Gasteiger partial charge in [0.25, 0.3) is 5.78 Å². The standard InChI is InChI=1S/C20H23N7O2S/c28-9-11-29-10-7-21-18-17-15-6-8-26(12-14-4-2-1-3-5-14)13-16(15)30-19(17)27-20(22-18)23-24-25-27/h1-5,28H,6-13H2,(H,21,22,23,25)/p+1. The molecular formula is C20H24N7O2S+. The lowest BCUT2D eigenvalue weighted by Gasteiger charge is -2.24. The fourth-order valence-electron chi connectivity index (χ4n) is 4.03. The van der Waals surface area contributed by atoms with Gasteiger partial charge in [0.15, 0.2) is 0 Å². The second-order valence-electron chi connectivity index (χ2n) is 7.39. The summed E-state index contributed by atoms with van der Waals surface area (Å²) in [6.45, 7) is 4.58. The summed E-state index contributed by atoms with van der Waals surface area (Å²) in [4.78, 5) is 8.64. The zero-order chi connectivity index (χ0) is 20.3. The highest BCUT2D eigenvalue weighted by Gasteiger charge is 2.27. The first-order valence-electron chi connectivity index (χ1n) is 10.2. The molecule has 1 aliphatic rings. The number of hydrogen-bond donors (Lipinski definition) is 3. The molecule has 156 valence electrons. The third-order valence-corrected chi connectivity index (χ3v) is 6.58. The molecule has 10 heteroatoms. The number of benzene rings is 1. The third kappa shape index (κ3) is 3.74. The highest BCUT2D eigenvalue weighted by Crippen LogP contribution is 2.36. The number of hydrogen-bond acceptors (Lipinski definition) is 8. The zero-order valence-electron chi connectivity index (χ0n) is 16.5. The van der Waals surface area contributed by atoms with Crippen LogP contribution < -0.4 is 10.2 Å². The van der Waals surface area contributed by atoms with Gasteiger partial charge in [-0.3, -0.25) is 0 Å². The van der Waals surface area contributed by atoms with Gasteiger partial charge >= 0.3 is 0 Å². The molecule has 0 saturated heterocycles. The van der Waals surface area contributed by atoms with E-state index < -0.39 is 0 Å². The molecule has 0 saturated carbocycles. The minimum Gasteiger partial charge on any atom is -0.394 e. The molecule has 1 unspecified atom stereocenters. The second kappa shape index (κ2) is 8.60. The smallest absolute Gasteiger partial charge is 0.276 e. The predicted octanol–water partition coefficient (Wildman–Crippen LogP) is 0.296. The van der Waals surface area contributed by atoms with Crippen molar-refractivity contribution in [2.45, 2.75) is 19.5 Å².